The number of amides is 1. The van der Waals surface area contributed by atoms with Crippen LogP contribution in [0.15, 0.2) is 35.8 Å². The zero-order valence-electron chi connectivity index (χ0n) is 14.1. The molecule has 25 heavy (non-hydrogen) atoms. The molecular weight excluding hydrogens is 334 g/mol. The molecule has 1 aliphatic heterocycles. The van der Waals surface area contributed by atoms with E-state index in [2.05, 4.69) is 25.2 Å². The molecule has 6 nitrogen and oxygen atoms in total. The molecular formula is C18H19N5OS. The maximum atomic E-state index is 12.8. The van der Waals surface area contributed by atoms with Gasteiger partial charge in [0.2, 0.25) is 0 Å². The van der Waals surface area contributed by atoms with Crippen LogP contribution in [-0.4, -0.2) is 51.9 Å². The van der Waals surface area contributed by atoms with Gasteiger partial charge in [0.15, 0.2) is 5.13 Å². The highest BCUT2D eigenvalue weighted by Crippen LogP contribution is 2.22. The second kappa shape index (κ2) is 6.76. The van der Waals surface area contributed by atoms with Gasteiger partial charge in [-0.05, 0) is 25.5 Å². The first-order valence-corrected chi connectivity index (χ1v) is 9.27. The monoisotopic (exact) mass is 353 g/mol. The SMILES string of the molecule is Cc1csc(N2CCCN(C(=O)c3cnc4ccccc4n3)CC2)n1. The van der Waals surface area contributed by atoms with E-state index < -0.39 is 0 Å². The molecule has 7 heteroatoms. The molecule has 4 rings (SSSR count). The Balaban J connectivity index is 1.50. The Kier molecular flexibility index (Phi) is 4.31. The second-order valence-corrected chi connectivity index (χ2v) is 6.98. The highest BCUT2D eigenvalue weighted by Gasteiger charge is 2.22. The summed E-state index contributed by atoms with van der Waals surface area (Å²) in [5.41, 5.74) is 3.02. The fraction of sp³-hybridized carbons (Fsp3) is 0.333. The lowest BCUT2D eigenvalue weighted by atomic mass is 10.2. The number of para-hydroxylation sites is 2. The number of aromatic nitrogens is 3. The molecule has 1 saturated heterocycles. The smallest absolute Gasteiger partial charge is 0.274 e. The van der Waals surface area contributed by atoms with Crippen molar-refractivity contribution in [3.05, 3.63) is 47.2 Å². The first-order chi connectivity index (χ1) is 12.2. The summed E-state index contributed by atoms with van der Waals surface area (Å²) in [7, 11) is 0. The molecule has 1 fully saturated rings. The minimum absolute atomic E-state index is 0.0459. The van der Waals surface area contributed by atoms with Gasteiger partial charge in [-0.25, -0.2) is 9.97 Å². The van der Waals surface area contributed by atoms with Gasteiger partial charge in [-0.15, -0.1) is 11.3 Å². The number of benzene rings is 1. The van der Waals surface area contributed by atoms with Gasteiger partial charge in [0.05, 0.1) is 22.9 Å². The van der Waals surface area contributed by atoms with Crippen molar-refractivity contribution in [3.8, 4) is 0 Å². The van der Waals surface area contributed by atoms with E-state index in [1.54, 1.807) is 17.5 Å². The number of nitrogens with zero attached hydrogens (tertiary/aromatic N) is 5. The Labute approximate surface area is 150 Å². The summed E-state index contributed by atoms with van der Waals surface area (Å²) in [6, 6.07) is 7.61. The van der Waals surface area contributed by atoms with Crippen LogP contribution in [-0.2, 0) is 0 Å². The van der Waals surface area contributed by atoms with Crippen molar-refractivity contribution < 1.29 is 4.79 Å². The summed E-state index contributed by atoms with van der Waals surface area (Å²) in [6.07, 6.45) is 2.50. The maximum absolute atomic E-state index is 12.8. The van der Waals surface area contributed by atoms with Crippen molar-refractivity contribution in [1.29, 1.82) is 0 Å². The number of rotatable bonds is 2. The lowest BCUT2D eigenvalue weighted by molar-refractivity contribution is 0.0761. The normalized spacial score (nSPS) is 15.4. The maximum Gasteiger partial charge on any atom is 0.274 e. The van der Waals surface area contributed by atoms with E-state index in [-0.39, 0.29) is 5.91 Å². The van der Waals surface area contributed by atoms with Crippen LogP contribution in [0.1, 0.15) is 22.6 Å². The van der Waals surface area contributed by atoms with E-state index in [1.807, 2.05) is 36.1 Å². The third kappa shape index (κ3) is 3.32. The Hall–Kier alpha value is -2.54. The van der Waals surface area contributed by atoms with Crippen LogP contribution in [0.4, 0.5) is 5.13 Å². The van der Waals surface area contributed by atoms with Crippen LogP contribution < -0.4 is 4.90 Å². The molecule has 0 saturated carbocycles. The number of thiazole rings is 1. The van der Waals surface area contributed by atoms with Crippen LogP contribution in [0.3, 0.4) is 0 Å². The molecule has 0 aliphatic carbocycles. The van der Waals surface area contributed by atoms with Crippen LogP contribution >= 0.6 is 11.3 Å². The number of fused-ring (bicyclic) bond motifs is 1. The first kappa shape index (κ1) is 16.0. The lowest BCUT2D eigenvalue weighted by Gasteiger charge is -2.21. The number of aryl methyl sites for hydroxylation is 1. The summed E-state index contributed by atoms with van der Waals surface area (Å²) >= 11 is 1.66. The van der Waals surface area contributed by atoms with Crippen molar-refractivity contribution in [3.63, 3.8) is 0 Å². The summed E-state index contributed by atoms with van der Waals surface area (Å²) in [5.74, 6) is -0.0459. The fourth-order valence-electron chi connectivity index (χ4n) is 3.02. The highest BCUT2D eigenvalue weighted by molar-refractivity contribution is 7.13. The second-order valence-electron chi connectivity index (χ2n) is 6.15. The molecule has 0 N–H and O–H groups in total. The molecule has 0 unspecified atom stereocenters. The predicted octanol–water partition coefficient (Wildman–Crippen LogP) is 2.75. The molecule has 0 radical (unpaired) electrons. The van der Waals surface area contributed by atoms with Gasteiger partial charge in [-0.2, -0.15) is 0 Å². The summed E-state index contributed by atoms with van der Waals surface area (Å²) < 4.78 is 0. The fourth-order valence-corrected chi connectivity index (χ4v) is 3.88. The molecule has 2 aromatic heterocycles. The van der Waals surface area contributed by atoms with Gasteiger partial charge in [-0.1, -0.05) is 12.1 Å². The van der Waals surface area contributed by atoms with Gasteiger partial charge < -0.3 is 9.80 Å². The third-order valence-electron chi connectivity index (χ3n) is 4.33. The first-order valence-electron chi connectivity index (χ1n) is 8.39. The lowest BCUT2D eigenvalue weighted by Crippen LogP contribution is -2.35. The van der Waals surface area contributed by atoms with Crippen molar-refractivity contribution in [2.24, 2.45) is 0 Å². The Morgan fingerprint density at radius 2 is 1.92 bits per heavy atom. The molecule has 1 aromatic carbocycles. The predicted molar refractivity (Wildman–Crippen MR) is 99.1 cm³/mol. The summed E-state index contributed by atoms with van der Waals surface area (Å²) in [6.45, 7) is 5.12. The quantitative estimate of drug-likeness (QED) is 0.709. The zero-order valence-corrected chi connectivity index (χ0v) is 14.9. The Morgan fingerprint density at radius 1 is 1.08 bits per heavy atom. The number of carbonyl (C=O) groups is 1. The average molecular weight is 353 g/mol. The molecule has 3 aromatic rings. The number of anilines is 1. The standard InChI is InChI=1S/C18H19N5OS/c1-13-12-25-18(20-13)23-8-4-7-22(9-10-23)17(24)16-11-19-14-5-2-3-6-15(14)21-16/h2-3,5-6,11-12H,4,7-10H2,1H3. The van der Waals surface area contributed by atoms with Gasteiger partial charge in [-0.3, -0.25) is 9.78 Å². The van der Waals surface area contributed by atoms with Crippen LogP contribution in [0.25, 0.3) is 11.0 Å². The minimum Gasteiger partial charge on any atom is -0.346 e. The van der Waals surface area contributed by atoms with E-state index in [0.717, 1.165) is 47.9 Å². The van der Waals surface area contributed by atoms with Crippen molar-refractivity contribution >= 4 is 33.4 Å². The van der Waals surface area contributed by atoms with Gasteiger partial charge in [0.25, 0.3) is 5.91 Å². The van der Waals surface area contributed by atoms with E-state index in [1.165, 1.54) is 0 Å². The zero-order chi connectivity index (χ0) is 17.2. The number of hydrogen-bond donors (Lipinski definition) is 0. The third-order valence-corrected chi connectivity index (χ3v) is 5.35. The Bertz CT molecular complexity index is 909. The van der Waals surface area contributed by atoms with E-state index >= 15 is 0 Å². The molecule has 128 valence electrons. The summed E-state index contributed by atoms with van der Waals surface area (Å²) in [5, 5.41) is 3.10. The van der Waals surface area contributed by atoms with E-state index in [0.29, 0.717) is 12.2 Å². The van der Waals surface area contributed by atoms with Crippen LogP contribution in [0.5, 0.6) is 0 Å². The van der Waals surface area contributed by atoms with Crippen molar-refractivity contribution in [2.75, 3.05) is 31.1 Å². The molecule has 3 heterocycles. The average Bonchev–Trinajstić information content (AvgIpc) is 2.93. The molecule has 0 bridgehead atoms. The van der Waals surface area contributed by atoms with Gasteiger partial charge >= 0.3 is 0 Å². The molecule has 1 amide bonds. The number of hydrogen-bond acceptors (Lipinski definition) is 6. The Morgan fingerprint density at radius 3 is 2.72 bits per heavy atom. The van der Waals surface area contributed by atoms with E-state index in [9.17, 15) is 4.79 Å². The van der Waals surface area contributed by atoms with Crippen molar-refractivity contribution in [1.82, 2.24) is 19.9 Å². The largest absolute Gasteiger partial charge is 0.346 e. The minimum atomic E-state index is -0.0459. The topological polar surface area (TPSA) is 62.2 Å². The van der Waals surface area contributed by atoms with Crippen molar-refractivity contribution in [2.45, 2.75) is 13.3 Å². The van der Waals surface area contributed by atoms with E-state index in [4.69, 9.17) is 0 Å². The number of carbonyl (C=O) groups excluding carboxylic acids is 1. The van der Waals surface area contributed by atoms with Crippen LogP contribution in [0, 0.1) is 6.92 Å². The molecule has 1 aliphatic rings. The summed E-state index contributed by atoms with van der Waals surface area (Å²) in [4.78, 5) is 30.4. The molecule has 0 atom stereocenters. The molecule has 0 spiro atoms. The van der Waals surface area contributed by atoms with Gasteiger partial charge in [0, 0.05) is 31.6 Å². The van der Waals surface area contributed by atoms with Gasteiger partial charge in [0.1, 0.15) is 5.69 Å². The highest BCUT2D eigenvalue weighted by atomic mass is 32.1. The van der Waals surface area contributed by atoms with Crippen LogP contribution in [0.2, 0.25) is 0 Å².